The molecule has 0 N–H and O–H groups in total. The number of nitro groups is 1. The van der Waals surface area contributed by atoms with Gasteiger partial charge in [0.2, 0.25) is 0 Å². The summed E-state index contributed by atoms with van der Waals surface area (Å²) in [6, 6.07) is 10.1. The van der Waals surface area contributed by atoms with Crippen LogP contribution in [0.5, 0.6) is 11.5 Å². The zero-order valence-electron chi connectivity index (χ0n) is 19.3. The van der Waals surface area contributed by atoms with Crippen molar-refractivity contribution in [1.29, 1.82) is 0 Å². The van der Waals surface area contributed by atoms with E-state index in [4.69, 9.17) is 14.2 Å². The van der Waals surface area contributed by atoms with Crippen molar-refractivity contribution in [2.45, 2.75) is 13.0 Å². The van der Waals surface area contributed by atoms with E-state index in [-0.39, 0.29) is 11.3 Å². The minimum absolute atomic E-state index is 0.137. The topological polar surface area (TPSA) is 122 Å². The number of aromatic nitrogens is 1. The molecule has 0 spiro atoms. The number of hydrogen-bond donors (Lipinski definition) is 0. The number of benzene rings is 2. The van der Waals surface area contributed by atoms with Crippen molar-refractivity contribution in [2.24, 2.45) is 4.99 Å². The van der Waals surface area contributed by atoms with Gasteiger partial charge in [0.15, 0.2) is 16.3 Å². The van der Waals surface area contributed by atoms with Crippen LogP contribution in [0.1, 0.15) is 24.1 Å². The monoisotopic (exact) mass is 495 g/mol. The fraction of sp³-hybridized carbons (Fsp3) is 0.208. The molecule has 1 aliphatic heterocycles. The van der Waals surface area contributed by atoms with Crippen LogP contribution in [0.4, 0.5) is 5.69 Å². The van der Waals surface area contributed by atoms with E-state index in [9.17, 15) is 19.7 Å². The van der Waals surface area contributed by atoms with E-state index >= 15 is 0 Å². The van der Waals surface area contributed by atoms with Crippen LogP contribution in [-0.4, -0.2) is 36.8 Å². The van der Waals surface area contributed by atoms with E-state index in [1.807, 2.05) is 0 Å². The Hall–Kier alpha value is -4.25. The van der Waals surface area contributed by atoms with Crippen molar-refractivity contribution in [1.82, 2.24) is 4.57 Å². The molecule has 11 heteroatoms. The lowest BCUT2D eigenvalue weighted by molar-refractivity contribution is -0.384. The van der Waals surface area contributed by atoms with E-state index in [2.05, 4.69) is 4.99 Å². The van der Waals surface area contributed by atoms with Gasteiger partial charge in [0.05, 0.1) is 48.1 Å². The average Bonchev–Trinajstić information content (AvgIpc) is 3.16. The standard InChI is InChI=1S/C24H21N3O7S/c1-13-20(23(29)34-4)21(15-6-5-7-16(12-15)27(30)31)26-22(28)19(35-24(26)25-13)11-14-8-9-17(32-2)18(10-14)33-3/h5-12,21H,1-4H3/b19-11+/t21-/m0/s1. The minimum Gasteiger partial charge on any atom is -0.493 e. The van der Waals surface area contributed by atoms with Gasteiger partial charge in [-0.15, -0.1) is 0 Å². The SMILES string of the molecule is COC(=O)C1=C(C)N=c2s/c(=C/c3ccc(OC)c(OC)c3)c(=O)n2[C@H]1c1cccc([N+](=O)[O-])c1. The highest BCUT2D eigenvalue weighted by atomic mass is 32.1. The number of hydrogen-bond acceptors (Lipinski definition) is 9. The summed E-state index contributed by atoms with van der Waals surface area (Å²) in [6.07, 6.45) is 1.69. The third-order valence-electron chi connectivity index (χ3n) is 5.53. The summed E-state index contributed by atoms with van der Waals surface area (Å²) >= 11 is 1.15. The Balaban J connectivity index is 1.96. The Kier molecular flexibility index (Phi) is 6.52. The number of allylic oxidation sites excluding steroid dienone is 1. The zero-order chi connectivity index (χ0) is 25.3. The number of ether oxygens (including phenoxy) is 3. The number of esters is 1. The molecule has 1 atom stereocenters. The van der Waals surface area contributed by atoms with Crippen LogP contribution in [0.25, 0.3) is 6.08 Å². The Bertz CT molecular complexity index is 1550. The van der Waals surface area contributed by atoms with Gasteiger partial charge in [-0.2, -0.15) is 0 Å². The average molecular weight is 496 g/mol. The maximum absolute atomic E-state index is 13.6. The van der Waals surface area contributed by atoms with Crippen LogP contribution in [0.15, 0.2) is 63.5 Å². The molecule has 0 unspecified atom stereocenters. The van der Waals surface area contributed by atoms with Crippen molar-refractivity contribution in [3.63, 3.8) is 0 Å². The van der Waals surface area contributed by atoms with Gasteiger partial charge in [0.25, 0.3) is 11.2 Å². The maximum atomic E-state index is 13.6. The van der Waals surface area contributed by atoms with E-state index in [0.717, 1.165) is 11.3 Å². The second kappa shape index (κ2) is 9.55. The molecule has 2 aromatic carbocycles. The van der Waals surface area contributed by atoms with Crippen molar-refractivity contribution in [3.05, 3.63) is 94.7 Å². The molecule has 0 amide bonds. The molecule has 35 heavy (non-hydrogen) atoms. The summed E-state index contributed by atoms with van der Waals surface area (Å²) in [5, 5.41) is 11.4. The predicted molar refractivity (Wildman–Crippen MR) is 128 cm³/mol. The first-order valence-electron chi connectivity index (χ1n) is 10.4. The van der Waals surface area contributed by atoms with E-state index in [1.165, 1.54) is 44.1 Å². The fourth-order valence-electron chi connectivity index (χ4n) is 3.91. The number of nitrogens with zero attached hydrogens (tertiary/aromatic N) is 3. The summed E-state index contributed by atoms with van der Waals surface area (Å²) in [5.74, 6) is 0.388. The van der Waals surface area contributed by atoms with Crippen LogP contribution in [-0.2, 0) is 9.53 Å². The number of methoxy groups -OCH3 is 3. The van der Waals surface area contributed by atoms with Gasteiger partial charge in [-0.25, -0.2) is 9.79 Å². The molecule has 0 saturated heterocycles. The largest absolute Gasteiger partial charge is 0.493 e. The lowest BCUT2D eigenvalue weighted by Crippen LogP contribution is -2.39. The minimum atomic E-state index is -0.939. The molecule has 0 saturated carbocycles. The van der Waals surface area contributed by atoms with E-state index < -0.39 is 22.5 Å². The highest BCUT2D eigenvalue weighted by Crippen LogP contribution is 2.32. The van der Waals surface area contributed by atoms with Gasteiger partial charge in [0, 0.05) is 12.1 Å². The third-order valence-corrected chi connectivity index (χ3v) is 6.51. The smallest absolute Gasteiger partial charge is 0.338 e. The molecule has 2 heterocycles. The molecule has 180 valence electrons. The Morgan fingerprint density at radius 2 is 1.89 bits per heavy atom. The molecule has 0 fully saturated rings. The number of carbonyl (C=O) groups is 1. The molecule has 10 nitrogen and oxygen atoms in total. The molecular formula is C24H21N3O7S. The lowest BCUT2D eigenvalue weighted by Gasteiger charge is -2.24. The summed E-state index contributed by atoms with van der Waals surface area (Å²) in [4.78, 5) is 42.0. The highest BCUT2D eigenvalue weighted by Gasteiger charge is 2.33. The molecule has 1 aromatic heterocycles. The predicted octanol–water partition coefficient (Wildman–Crippen LogP) is 2.33. The van der Waals surface area contributed by atoms with Gasteiger partial charge < -0.3 is 14.2 Å². The van der Waals surface area contributed by atoms with E-state index in [0.29, 0.717) is 37.7 Å². The van der Waals surface area contributed by atoms with Crippen molar-refractivity contribution in [3.8, 4) is 11.5 Å². The van der Waals surface area contributed by atoms with Crippen LogP contribution >= 0.6 is 11.3 Å². The fourth-order valence-corrected chi connectivity index (χ4v) is 4.96. The molecule has 1 aliphatic rings. The first-order valence-corrected chi connectivity index (χ1v) is 11.2. The molecule has 0 radical (unpaired) electrons. The lowest BCUT2D eigenvalue weighted by atomic mass is 9.95. The van der Waals surface area contributed by atoms with Crippen LogP contribution in [0, 0.1) is 10.1 Å². The first kappa shape index (κ1) is 23.9. The van der Waals surface area contributed by atoms with Crippen LogP contribution < -0.4 is 24.4 Å². The molecular weight excluding hydrogens is 474 g/mol. The number of carbonyl (C=O) groups excluding carboxylic acids is 1. The second-order valence-electron chi connectivity index (χ2n) is 7.54. The van der Waals surface area contributed by atoms with Crippen molar-refractivity contribution >= 4 is 29.1 Å². The van der Waals surface area contributed by atoms with Gasteiger partial charge in [-0.1, -0.05) is 29.5 Å². The Morgan fingerprint density at radius 3 is 2.54 bits per heavy atom. The third kappa shape index (κ3) is 4.33. The number of rotatable bonds is 6. The number of thiazole rings is 1. The van der Waals surface area contributed by atoms with Gasteiger partial charge in [-0.05, 0) is 36.3 Å². The van der Waals surface area contributed by atoms with Gasteiger partial charge >= 0.3 is 5.97 Å². The molecule has 4 rings (SSSR count). The van der Waals surface area contributed by atoms with E-state index in [1.54, 1.807) is 37.3 Å². The number of nitro benzene ring substituents is 1. The van der Waals surface area contributed by atoms with Crippen LogP contribution in [0.3, 0.4) is 0 Å². The summed E-state index contributed by atoms with van der Waals surface area (Å²) in [6.45, 7) is 1.64. The number of non-ortho nitro benzene ring substituents is 1. The molecule has 3 aromatic rings. The Morgan fingerprint density at radius 1 is 1.14 bits per heavy atom. The van der Waals surface area contributed by atoms with Crippen molar-refractivity contribution in [2.75, 3.05) is 21.3 Å². The summed E-state index contributed by atoms with van der Waals surface area (Å²) in [7, 11) is 4.28. The van der Waals surface area contributed by atoms with Gasteiger partial charge in [-0.3, -0.25) is 19.5 Å². The summed E-state index contributed by atoms with van der Waals surface area (Å²) < 4.78 is 17.3. The quantitative estimate of drug-likeness (QED) is 0.292. The van der Waals surface area contributed by atoms with Crippen LogP contribution in [0.2, 0.25) is 0 Å². The van der Waals surface area contributed by atoms with Crippen molar-refractivity contribution < 1.29 is 23.9 Å². The van der Waals surface area contributed by atoms with Gasteiger partial charge in [0.1, 0.15) is 0 Å². The first-order chi connectivity index (χ1) is 16.8. The maximum Gasteiger partial charge on any atom is 0.338 e. The molecule has 0 aliphatic carbocycles. The summed E-state index contributed by atoms with van der Waals surface area (Å²) in [5.41, 5.74) is 1.05. The Labute approximate surface area is 203 Å². The second-order valence-corrected chi connectivity index (χ2v) is 8.55. The molecule has 0 bridgehead atoms. The highest BCUT2D eigenvalue weighted by molar-refractivity contribution is 7.07. The number of fused-ring (bicyclic) bond motifs is 1. The normalized spacial score (nSPS) is 15.3. The zero-order valence-corrected chi connectivity index (χ0v) is 20.1.